The van der Waals surface area contributed by atoms with Crippen molar-refractivity contribution >= 4 is 33.3 Å². The van der Waals surface area contributed by atoms with Crippen molar-refractivity contribution in [2.75, 3.05) is 36.8 Å². The molecule has 0 spiro atoms. The standard InChI is InChI=1S/C24H28N6O3S/c1-3-30(4-2)14-13-26-34(32,33)19-11-9-18(10-12-19)27-24-25-16-17-15-22(31)28-21-8-6-5-7-20(21)23(17)29-24/h5-12,16,26H,3-4,13-15H2,1-2H3,(H,28,31)(H,25,27,29). The highest BCUT2D eigenvalue weighted by molar-refractivity contribution is 7.89. The van der Waals surface area contributed by atoms with Gasteiger partial charge in [-0.25, -0.2) is 23.1 Å². The van der Waals surface area contributed by atoms with E-state index in [2.05, 4.69) is 30.2 Å². The van der Waals surface area contributed by atoms with Gasteiger partial charge < -0.3 is 15.5 Å². The van der Waals surface area contributed by atoms with Crippen LogP contribution in [0.25, 0.3) is 11.3 Å². The SMILES string of the molecule is CCN(CC)CCNS(=O)(=O)c1ccc(Nc2ncc3c(n2)-c2ccccc2NC(=O)C3)cc1. The fraction of sp³-hybridized carbons (Fsp3) is 0.292. The Balaban J connectivity index is 1.49. The molecule has 34 heavy (non-hydrogen) atoms. The molecule has 1 aliphatic rings. The average Bonchev–Trinajstić information content (AvgIpc) is 2.97. The largest absolute Gasteiger partial charge is 0.325 e. The third-order valence-electron chi connectivity index (χ3n) is 5.71. The van der Waals surface area contributed by atoms with Crippen molar-refractivity contribution in [3.8, 4) is 11.3 Å². The number of likely N-dealkylation sites (N-methyl/N-ethyl adjacent to an activating group) is 1. The van der Waals surface area contributed by atoms with Gasteiger partial charge in [0.25, 0.3) is 0 Å². The van der Waals surface area contributed by atoms with Gasteiger partial charge in [0, 0.05) is 36.1 Å². The minimum atomic E-state index is -3.59. The Morgan fingerprint density at radius 3 is 2.53 bits per heavy atom. The lowest BCUT2D eigenvalue weighted by atomic mass is 10.1. The molecule has 2 aromatic carbocycles. The second-order valence-electron chi connectivity index (χ2n) is 7.91. The summed E-state index contributed by atoms with van der Waals surface area (Å²) in [6.07, 6.45) is 1.84. The lowest BCUT2D eigenvalue weighted by Crippen LogP contribution is -2.34. The molecule has 2 heterocycles. The molecule has 0 saturated heterocycles. The van der Waals surface area contributed by atoms with Crippen LogP contribution in [0.1, 0.15) is 19.4 Å². The number of hydrogen-bond acceptors (Lipinski definition) is 7. The van der Waals surface area contributed by atoms with Crippen LogP contribution in [-0.2, 0) is 21.2 Å². The fourth-order valence-electron chi connectivity index (χ4n) is 3.80. The van der Waals surface area contributed by atoms with Gasteiger partial charge in [0.05, 0.1) is 22.7 Å². The van der Waals surface area contributed by atoms with Gasteiger partial charge >= 0.3 is 0 Å². The van der Waals surface area contributed by atoms with Gasteiger partial charge in [-0.3, -0.25) is 4.79 Å². The number of aromatic nitrogens is 2. The first-order valence-electron chi connectivity index (χ1n) is 11.2. The van der Waals surface area contributed by atoms with E-state index in [-0.39, 0.29) is 17.2 Å². The molecule has 0 bridgehead atoms. The zero-order valence-electron chi connectivity index (χ0n) is 19.2. The molecule has 0 atom stereocenters. The second-order valence-corrected chi connectivity index (χ2v) is 9.68. The van der Waals surface area contributed by atoms with Crippen LogP contribution in [0.4, 0.5) is 17.3 Å². The maximum Gasteiger partial charge on any atom is 0.240 e. The summed E-state index contributed by atoms with van der Waals surface area (Å²) in [6.45, 7) is 6.86. The number of hydrogen-bond donors (Lipinski definition) is 3. The van der Waals surface area contributed by atoms with Gasteiger partial charge in [-0.15, -0.1) is 0 Å². The predicted octanol–water partition coefficient (Wildman–Crippen LogP) is 3.00. The zero-order valence-corrected chi connectivity index (χ0v) is 20.0. The molecule has 0 fully saturated rings. The summed E-state index contributed by atoms with van der Waals surface area (Å²) < 4.78 is 27.8. The van der Waals surface area contributed by atoms with E-state index in [4.69, 9.17) is 0 Å². The number of rotatable bonds is 9. The molecule has 10 heteroatoms. The minimum Gasteiger partial charge on any atom is -0.325 e. The van der Waals surface area contributed by atoms with Crippen molar-refractivity contribution in [1.29, 1.82) is 0 Å². The summed E-state index contributed by atoms with van der Waals surface area (Å²) in [5.41, 5.74) is 3.61. The van der Waals surface area contributed by atoms with Crippen LogP contribution >= 0.6 is 0 Å². The Morgan fingerprint density at radius 2 is 1.79 bits per heavy atom. The van der Waals surface area contributed by atoms with Crippen molar-refractivity contribution in [3.63, 3.8) is 0 Å². The summed E-state index contributed by atoms with van der Waals surface area (Å²) in [5, 5.41) is 6.01. The maximum absolute atomic E-state index is 12.6. The first kappa shape index (κ1) is 23.8. The van der Waals surface area contributed by atoms with E-state index in [0.29, 0.717) is 36.1 Å². The molecule has 1 aromatic heterocycles. The van der Waals surface area contributed by atoms with Crippen LogP contribution in [0.2, 0.25) is 0 Å². The van der Waals surface area contributed by atoms with E-state index in [1.54, 1.807) is 30.5 Å². The number of amides is 1. The lowest BCUT2D eigenvalue weighted by Gasteiger charge is -2.18. The van der Waals surface area contributed by atoms with E-state index in [1.807, 2.05) is 38.1 Å². The number of anilines is 3. The highest BCUT2D eigenvalue weighted by Gasteiger charge is 2.21. The van der Waals surface area contributed by atoms with Crippen LogP contribution < -0.4 is 15.4 Å². The van der Waals surface area contributed by atoms with Crippen molar-refractivity contribution in [2.45, 2.75) is 25.2 Å². The number of para-hydroxylation sites is 1. The normalized spacial score (nSPS) is 13.1. The van der Waals surface area contributed by atoms with Crippen LogP contribution in [0.15, 0.2) is 59.6 Å². The number of fused-ring (bicyclic) bond motifs is 3. The van der Waals surface area contributed by atoms with Crippen LogP contribution in [0.5, 0.6) is 0 Å². The third-order valence-corrected chi connectivity index (χ3v) is 7.18. The molecule has 9 nitrogen and oxygen atoms in total. The van der Waals surface area contributed by atoms with E-state index >= 15 is 0 Å². The minimum absolute atomic E-state index is 0.113. The Bertz CT molecular complexity index is 1270. The summed E-state index contributed by atoms with van der Waals surface area (Å²) in [4.78, 5) is 23.5. The first-order valence-corrected chi connectivity index (χ1v) is 12.7. The number of nitrogens with one attached hydrogen (secondary N) is 3. The van der Waals surface area contributed by atoms with Crippen molar-refractivity contribution in [2.24, 2.45) is 0 Å². The highest BCUT2D eigenvalue weighted by atomic mass is 32.2. The Labute approximate surface area is 199 Å². The molecule has 1 amide bonds. The van der Waals surface area contributed by atoms with E-state index in [0.717, 1.165) is 24.2 Å². The van der Waals surface area contributed by atoms with Gasteiger partial charge in [0.15, 0.2) is 0 Å². The number of sulfonamides is 1. The Kier molecular flexibility index (Phi) is 7.20. The maximum atomic E-state index is 12.6. The quantitative estimate of drug-likeness (QED) is 0.431. The number of nitrogens with zero attached hydrogens (tertiary/aromatic N) is 3. The van der Waals surface area contributed by atoms with Gasteiger partial charge in [0.2, 0.25) is 21.9 Å². The lowest BCUT2D eigenvalue weighted by molar-refractivity contribution is -0.115. The first-order chi connectivity index (χ1) is 16.4. The average molecular weight is 481 g/mol. The molecular formula is C24H28N6O3S. The molecule has 4 rings (SSSR count). The number of carbonyl (C=O) groups excluding carboxylic acids is 1. The monoisotopic (exact) mass is 480 g/mol. The predicted molar refractivity (Wildman–Crippen MR) is 133 cm³/mol. The van der Waals surface area contributed by atoms with Crippen LogP contribution in [0, 0.1) is 0 Å². The summed E-state index contributed by atoms with van der Waals surface area (Å²) in [6, 6.07) is 13.9. The number of benzene rings is 2. The highest BCUT2D eigenvalue weighted by Crippen LogP contribution is 2.32. The topological polar surface area (TPSA) is 116 Å². The smallest absolute Gasteiger partial charge is 0.240 e. The molecule has 178 valence electrons. The Morgan fingerprint density at radius 1 is 1.06 bits per heavy atom. The zero-order chi connectivity index (χ0) is 24.1. The molecule has 0 radical (unpaired) electrons. The van der Waals surface area contributed by atoms with Crippen molar-refractivity contribution in [3.05, 3.63) is 60.3 Å². The summed E-state index contributed by atoms with van der Waals surface area (Å²) in [7, 11) is -3.59. The molecule has 3 aromatic rings. The van der Waals surface area contributed by atoms with E-state index in [1.165, 1.54) is 0 Å². The summed E-state index contributed by atoms with van der Waals surface area (Å²) in [5.74, 6) is 0.244. The molecule has 0 saturated carbocycles. The van der Waals surface area contributed by atoms with Crippen molar-refractivity contribution < 1.29 is 13.2 Å². The van der Waals surface area contributed by atoms with Crippen LogP contribution in [0.3, 0.4) is 0 Å². The van der Waals surface area contributed by atoms with Gasteiger partial charge in [-0.1, -0.05) is 32.0 Å². The third kappa shape index (κ3) is 5.41. The van der Waals surface area contributed by atoms with Gasteiger partial charge in [0.1, 0.15) is 0 Å². The van der Waals surface area contributed by atoms with E-state index < -0.39 is 10.0 Å². The Hall–Kier alpha value is -3.34. The summed E-state index contributed by atoms with van der Waals surface area (Å²) >= 11 is 0. The van der Waals surface area contributed by atoms with Crippen molar-refractivity contribution in [1.82, 2.24) is 19.6 Å². The second kappa shape index (κ2) is 10.3. The number of carbonyl (C=O) groups is 1. The van der Waals surface area contributed by atoms with E-state index in [9.17, 15) is 13.2 Å². The van der Waals surface area contributed by atoms with Crippen LogP contribution in [-0.4, -0.2) is 55.4 Å². The molecule has 0 unspecified atom stereocenters. The molecule has 3 N–H and O–H groups in total. The molecular weight excluding hydrogens is 452 g/mol. The van der Waals surface area contributed by atoms with Gasteiger partial charge in [-0.05, 0) is 43.4 Å². The molecule has 0 aliphatic carbocycles. The molecule has 1 aliphatic heterocycles. The fourth-order valence-corrected chi connectivity index (χ4v) is 4.82. The van der Waals surface area contributed by atoms with Gasteiger partial charge in [-0.2, -0.15) is 0 Å².